The molecule has 0 unspecified atom stereocenters. The Morgan fingerprint density at radius 3 is 2.42 bits per heavy atom. The predicted octanol–water partition coefficient (Wildman–Crippen LogP) is 3.54. The number of ether oxygens (including phenoxy) is 1. The van der Waals surface area contributed by atoms with Crippen LogP contribution in [-0.4, -0.2) is 45.0 Å². The van der Waals surface area contributed by atoms with Gasteiger partial charge in [0, 0.05) is 19.1 Å². The number of nitrogens with zero attached hydrogens (tertiary/aromatic N) is 1. The molecule has 0 spiro atoms. The Balaban J connectivity index is 1.50. The molecule has 2 aromatic rings. The monoisotopic (exact) mass is 444 g/mol. The molecular weight excluding hydrogens is 412 g/mol. The van der Waals surface area contributed by atoms with Crippen LogP contribution >= 0.6 is 0 Å². The number of piperidine rings is 1. The highest BCUT2D eigenvalue weighted by atomic mass is 32.2. The topological polar surface area (TPSA) is 75.7 Å². The van der Waals surface area contributed by atoms with Gasteiger partial charge in [-0.15, -0.1) is 0 Å². The number of benzene rings is 2. The highest BCUT2D eigenvalue weighted by Crippen LogP contribution is 2.24. The lowest BCUT2D eigenvalue weighted by Gasteiger charge is -2.32. The molecule has 1 N–H and O–H groups in total. The van der Waals surface area contributed by atoms with E-state index in [9.17, 15) is 13.2 Å². The number of carbonyl (C=O) groups excluding carboxylic acids is 1. The van der Waals surface area contributed by atoms with Crippen LogP contribution in [0.2, 0.25) is 0 Å². The number of sulfonamides is 1. The summed E-state index contributed by atoms with van der Waals surface area (Å²) in [6.45, 7) is 6.78. The van der Waals surface area contributed by atoms with Crippen LogP contribution in [0.5, 0.6) is 5.75 Å². The van der Waals surface area contributed by atoms with E-state index in [1.54, 1.807) is 32.9 Å². The molecule has 7 heteroatoms. The van der Waals surface area contributed by atoms with Gasteiger partial charge >= 0.3 is 0 Å². The van der Waals surface area contributed by atoms with Gasteiger partial charge < -0.3 is 9.64 Å². The zero-order valence-electron chi connectivity index (χ0n) is 18.5. The molecule has 1 heterocycles. The van der Waals surface area contributed by atoms with Crippen molar-refractivity contribution in [1.82, 2.24) is 9.62 Å². The number of nitrogens with one attached hydrogen (secondary N) is 1. The summed E-state index contributed by atoms with van der Waals surface area (Å²) in [4.78, 5) is 14.6. The largest absolute Gasteiger partial charge is 0.483 e. The van der Waals surface area contributed by atoms with Crippen LogP contribution < -0.4 is 9.46 Å². The number of likely N-dealkylation sites (tertiary alicyclic amines) is 1. The lowest BCUT2D eigenvalue weighted by molar-refractivity contribution is -0.134. The van der Waals surface area contributed by atoms with Gasteiger partial charge in [0.05, 0.1) is 4.90 Å². The Kier molecular flexibility index (Phi) is 7.73. The Labute approximate surface area is 185 Å². The molecule has 0 saturated carbocycles. The van der Waals surface area contributed by atoms with Gasteiger partial charge in [0.1, 0.15) is 5.75 Å². The molecule has 31 heavy (non-hydrogen) atoms. The zero-order chi connectivity index (χ0) is 22.4. The van der Waals surface area contributed by atoms with Crippen molar-refractivity contribution in [3.05, 3.63) is 59.7 Å². The molecule has 0 aliphatic carbocycles. The van der Waals surface area contributed by atoms with Gasteiger partial charge in [-0.05, 0) is 75.3 Å². The normalized spacial score (nSPS) is 15.3. The number of carbonyl (C=O) groups is 1. The summed E-state index contributed by atoms with van der Waals surface area (Å²) in [5.41, 5.74) is 2.03. The van der Waals surface area contributed by atoms with Crippen molar-refractivity contribution in [3.8, 4) is 5.75 Å². The number of amides is 1. The maximum Gasteiger partial charge on any atom is 0.260 e. The van der Waals surface area contributed by atoms with Gasteiger partial charge in [0.25, 0.3) is 5.91 Å². The average molecular weight is 445 g/mol. The first kappa shape index (κ1) is 23.3. The lowest BCUT2D eigenvalue weighted by atomic mass is 9.90. The van der Waals surface area contributed by atoms with Crippen LogP contribution in [0, 0.1) is 12.8 Å². The molecule has 168 valence electrons. The third-order valence-electron chi connectivity index (χ3n) is 5.53. The SMILES string of the molecule is Cc1cc(S(=O)(=O)NC(C)C)ccc1OCC(=O)N1CCC(Cc2ccccc2)CC1. The van der Waals surface area contributed by atoms with E-state index < -0.39 is 10.0 Å². The van der Waals surface area contributed by atoms with E-state index in [0.29, 0.717) is 17.2 Å². The summed E-state index contributed by atoms with van der Waals surface area (Å²) in [7, 11) is -3.56. The van der Waals surface area contributed by atoms with Crippen molar-refractivity contribution in [2.45, 2.75) is 51.0 Å². The number of rotatable bonds is 8. The van der Waals surface area contributed by atoms with Crippen molar-refractivity contribution >= 4 is 15.9 Å². The maximum atomic E-state index is 12.6. The van der Waals surface area contributed by atoms with Crippen LogP contribution in [0.25, 0.3) is 0 Å². The van der Waals surface area contributed by atoms with Gasteiger partial charge in [-0.3, -0.25) is 4.79 Å². The number of aryl methyl sites for hydroxylation is 1. The van der Waals surface area contributed by atoms with Crippen molar-refractivity contribution in [2.75, 3.05) is 19.7 Å². The van der Waals surface area contributed by atoms with Crippen molar-refractivity contribution < 1.29 is 17.9 Å². The van der Waals surface area contributed by atoms with Crippen molar-refractivity contribution in [2.24, 2.45) is 5.92 Å². The summed E-state index contributed by atoms with van der Waals surface area (Å²) in [6.07, 6.45) is 3.05. The van der Waals surface area contributed by atoms with E-state index in [1.807, 2.05) is 11.0 Å². The molecule has 1 aliphatic rings. The van der Waals surface area contributed by atoms with Gasteiger partial charge in [0.15, 0.2) is 6.61 Å². The van der Waals surface area contributed by atoms with Crippen LogP contribution in [0.1, 0.15) is 37.8 Å². The summed E-state index contributed by atoms with van der Waals surface area (Å²) in [5.74, 6) is 1.09. The van der Waals surface area contributed by atoms with Gasteiger partial charge in [-0.25, -0.2) is 13.1 Å². The Hall–Kier alpha value is -2.38. The Morgan fingerprint density at radius 2 is 1.81 bits per heavy atom. The molecule has 1 fully saturated rings. The first-order valence-electron chi connectivity index (χ1n) is 10.8. The van der Waals surface area contributed by atoms with Crippen molar-refractivity contribution in [3.63, 3.8) is 0 Å². The van der Waals surface area contributed by atoms with Crippen LogP contribution in [-0.2, 0) is 21.2 Å². The average Bonchev–Trinajstić information content (AvgIpc) is 2.73. The standard InChI is InChI=1S/C24H32N2O4S/c1-18(2)25-31(28,29)22-9-10-23(19(3)15-22)30-17-24(27)26-13-11-21(12-14-26)16-20-7-5-4-6-8-20/h4-10,15,18,21,25H,11-14,16-17H2,1-3H3. The highest BCUT2D eigenvalue weighted by molar-refractivity contribution is 7.89. The van der Waals surface area contributed by atoms with Gasteiger partial charge in [-0.2, -0.15) is 0 Å². The number of hydrogen-bond donors (Lipinski definition) is 1. The molecule has 1 saturated heterocycles. The Bertz CT molecular complexity index is 982. The quantitative estimate of drug-likeness (QED) is 0.676. The molecule has 0 bridgehead atoms. The van der Waals surface area contributed by atoms with Crippen LogP contribution in [0.4, 0.5) is 0 Å². The van der Waals surface area contributed by atoms with E-state index in [2.05, 4.69) is 29.0 Å². The fraction of sp³-hybridized carbons (Fsp3) is 0.458. The lowest BCUT2D eigenvalue weighted by Crippen LogP contribution is -2.41. The second kappa shape index (κ2) is 10.3. The van der Waals surface area contributed by atoms with Crippen LogP contribution in [0.15, 0.2) is 53.4 Å². The number of hydrogen-bond acceptors (Lipinski definition) is 4. The van der Waals surface area contributed by atoms with Gasteiger partial charge in [-0.1, -0.05) is 30.3 Å². The summed E-state index contributed by atoms with van der Waals surface area (Å²) in [5, 5.41) is 0. The second-order valence-electron chi connectivity index (χ2n) is 8.51. The summed E-state index contributed by atoms with van der Waals surface area (Å²) in [6, 6.07) is 15.0. The third kappa shape index (κ3) is 6.55. The fourth-order valence-corrected chi connectivity index (χ4v) is 5.23. The van der Waals surface area contributed by atoms with Crippen molar-refractivity contribution in [1.29, 1.82) is 0 Å². The van der Waals surface area contributed by atoms with E-state index in [0.717, 1.165) is 32.4 Å². The molecule has 3 rings (SSSR count). The summed E-state index contributed by atoms with van der Waals surface area (Å²) < 4.78 is 32.9. The highest BCUT2D eigenvalue weighted by Gasteiger charge is 2.23. The van der Waals surface area contributed by atoms with Gasteiger partial charge in [0.2, 0.25) is 10.0 Å². The van der Waals surface area contributed by atoms with E-state index in [4.69, 9.17) is 4.74 Å². The van der Waals surface area contributed by atoms with E-state index in [-0.39, 0.29) is 23.5 Å². The minimum atomic E-state index is -3.56. The smallest absolute Gasteiger partial charge is 0.260 e. The molecule has 0 radical (unpaired) electrons. The first-order valence-corrected chi connectivity index (χ1v) is 12.3. The maximum absolute atomic E-state index is 12.6. The first-order chi connectivity index (χ1) is 14.7. The third-order valence-corrected chi connectivity index (χ3v) is 7.19. The minimum Gasteiger partial charge on any atom is -0.483 e. The molecule has 2 aromatic carbocycles. The second-order valence-corrected chi connectivity index (χ2v) is 10.2. The Morgan fingerprint density at radius 1 is 1.13 bits per heavy atom. The molecule has 1 aliphatic heterocycles. The molecule has 6 nitrogen and oxygen atoms in total. The van der Waals surface area contributed by atoms with E-state index in [1.165, 1.54) is 11.6 Å². The molecule has 0 atom stereocenters. The summed E-state index contributed by atoms with van der Waals surface area (Å²) >= 11 is 0. The van der Waals surface area contributed by atoms with Crippen LogP contribution in [0.3, 0.4) is 0 Å². The zero-order valence-corrected chi connectivity index (χ0v) is 19.3. The van der Waals surface area contributed by atoms with E-state index >= 15 is 0 Å². The predicted molar refractivity (Wildman–Crippen MR) is 122 cm³/mol. The molecule has 0 aromatic heterocycles. The molecular formula is C24H32N2O4S. The molecule has 1 amide bonds. The fourth-order valence-electron chi connectivity index (χ4n) is 3.89. The minimum absolute atomic E-state index is 0.0317.